The molecule has 0 N–H and O–H groups in total. The summed E-state index contributed by atoms with van der Waals surface area (Å²) < 4.78 is 12.2. The highest BCUT2D eigenvalue weighted by Crippen LogP contribution is 2.34. The quantitative estimate of drug-likeness (QED) is 0.323. The fourth-order valence-electron chi connectivity index (χ4n) is 4.35. The van der Waals surface area contributed by atoms with Gasteiger partial charge in [0.05, 0.1) is 10.4 Å². The third-order valence-electron chi connectivity index (χ3n) is 6.03. The van der Waals surface area contributed by atoms with Crippen molar-refractivity contribution >= 4 is 22.5 Å². The van der Waals surface area contributed by atoms with Gasteiger partial charge in [0.2, 0.25) is 18.4 Å². The minimum Gasteiger partial charge on any atom is -0.454 e. The van der Waals surface area contributed by atoms with Gasteiger partial charge in [0.15, 0.2) is 11.5 Å². The zero-order valence-electron chi connectivity index (χ0n) is 18.1. The summed E-state index contributed by atoms with van der Waals surface area (Å²) in [6.45, 7) is 3.67. The summed E-state index contributed by atoms with van der Waals surface area (Å²) in [5.41, 5.74) is 2.23. The average molecular weight is 460 g/mol. The lowest BCUT2D eigenvalue weighted by atomic mass is 10.1. The number of anilines is 1. The summed E-state index contributed by atoms with van der Waals surface area (Å²) in [6.07, 6.45) is 1.34. The SMILES string of the molecule is O=[N+]([O-])c1c(N2CCN(Cc3ccc4c(c3)OCO4)CC2)ncnc1-n1nnc2ccccc21. The number of benzene rings is 2. The van der Waals surface area contributed by atoms with E-state index in [1.165, 1.54) is 11.0 Å². The second kappa shape index (κ2) is 8.23. The van der Waals surface area contributed by atoms with E-state index in [-0.39, 0.29) is 24.1 Å². The number of para-hydroxylation sites is 1. The van der Waals surface area contributed by atoms with Gasteiger partial charge in [-0.25, -0.2) is 9.97 Å². The molecule has 0 amide bonds. The van der Waals surface area contributed by atoms with Crippen LogP contribution >= 0.6 is 0 Å². The molecule has 0 atom stereocenters. The Morgan fingerprint density at radius 3 is 2.62 bits per heavy atom. The Bertz CT molecular complexity index is 1380. The van der Waals surface area contributed by atoms with Crippen molar-refractivity contribution in [2.24, 2.45) is 0 Å². The number of ether oxygens (including phenoxy) is 2. The van der Waals surface area contributed by atoms with Gasteiger partial charge in [0.25, 0.3) is 0 Å². The second-order valence-corrected chi connectivity index (χ2v) is 8.07. The summed E-state index contributed by atoms with van der Waals surface area (Å²) >= 11 is 0. The zero-order valence-corrected chi connectivity index (χ0v) is 18.1. The smallest absolute Gasteiger partial charge is 0.355 e. The number of aromatic nitrogens is 5. The monoisotopic (exact) mass is 460 g/mol. The number of rotatable bonds is 5. The molecule has 12 nitrogen and oxygen atoms in total. The molecule has 1 saturated heterocycles. The number of hydrogen-bond acceptors (Lipinski definition) is 10. The van der Waals surface area contributed by atoms with Crippen molar-refractivity contribution in [3.8, 4) is 17.3 Å². The molecule has 0 unspecified atom stereocenters. The van der Waals surface area contributed by atoms with Crippen LogP contribution in [0.5, 0.6) is 11.5 Å². The summed E-state index contributed by atoms with van der Waals surface area (Å²) in [4.78, 5) is 24.4. The van der Waals surface area contributed by atoms with Crippen LogP contribution in [0, 0.1) is 10.1 Å². The van der Waals surface area contributed by atoms with Crippen molar-refractivity contribution in [3.63, 3.8) is 0 Å². The minimum atomic E-state index is -0.444. The van der Waals surface area contributed by atoms with Crippen molar-refractivity contribution < 1.29 is 14.4 Å². The topological polar surface area (TPSA) is 125 Å². The number of nitro groups is 1. The third-order valence-corrected chi connectivity index (χ3v) is 6.03. The van der Waals surface area contributed by atoms with E-state index in [2.05, 4.69) is 25.2 Å². The maximum atomic E-state index is 12.1. The Labute approximate surface area is 193 Å². The number of nitrogens with zero attached hydrogens (tertiary/aromatic N) is 8. The summed E-state index contributed by atoms with van der Waals surface area (Å²) in [6, 6.07) is 13.2. The third kappa shape index (κ3) is 3.53. The van der Waals surface area contributed by atoms with E-state index in [0.29, 0.717) is 24.1 Å². The van der Waals surface area contributed by atoms with E-state index < -0.39 is 4.92 Å². The van der Waals surface area contributed by atoms with Gasteiger partial charge in [0, 0.05) is 32.7 Å². The predicted octanol–water partition coefficient (Wildman–Crippen LogP) is 2.17. The van der Waals surface area contributed by atoms with Crippen LogP contribution in [0.3, 0.4) is 0 Å². The average Bonchev–Trinajstić information content (AvgIpc) is 3.51. The first-order valence-electron chi connectivity index (χ1n) is 10.8. The van der Waals surface area contributed by atoms with Gasteiger partial charge in [0.1, 0.15) is 11.8 Å². The first-order valence-corrected chi connectivity index (χ1v) is 10.8. The van der Waals surface area contributed by atoms with E-state index in [0.717, 1.165) is 36.7 Å². The molecule has 0 saturated carbocycles. The summed E-state index contributed by atoms with van der Waals surface area (Å²) in [7, 11) is 0. The lowest BCUT2D eigenvalue weighted by molar-refractivity contribution is -0.384. The first-order chi connectivity index (χ1) is 16.7. The molecule has 1 fully saturated rings. The Morgan fingerprint density at radius 1 is 0.971 bits per heavy atom. The van der Waals surface area contributed by atoms with Crippen LogP contribution in [0.4, 0.5) is 11.5 Å². The van der Waals surface area contributed by atoms with Crippen LogP contribution in [-0.2, 0) is 6.54 Å². The highest BCUT2D eigenvalue weighted by atomic mass is 16.7. The summed E-state index contributed by atoms with van der Waals surface area (Å²) in [5.74, 6) is 1.92. The molecule has 172 valence electrons. The van der Waals surface area contributed by atoms with E-state index in [1.54, 1.807) is 12.1 Å². The molecular weight excluding hydrogens is 440 g/mol. The van der Waals surface area contributed by atoms with Gasteiger partial charge in [-0.2, -0.15) is 4.68 Å². The van der Waals surface area contributed by atoms with Crippen LogP contribution in [0.15, 0.2) is 48.8 Å². The van der Waals surface area contributed by atoms with Gasteiger partial charge in [-0.3, -0.25) is 15.0 Å². The van der Waals surface area contributed by atoms with Gasteiger partial charge >= 0.3 is 5.69 Å². The molecule has 0 aliphatic carbocycles. The minimum absolute atomic E-state index is 0.103. The summed E-state index contributed by atoms with van der Waals surface area (Å²) in [5, 5.41) is 20.3. The van der Waals surface area contributed by atoms with Gasteiger partial charge < -0.3 is 14.4 Å². The molecule has 0 radical (unpaired) electrons. The highest BCUT2D eigenvalue weighted by Gasteiger charge is 2.31. The molecule has 2 aliphatic heterocycles. The van der Waals surface area contributed by atoms with Crippen LogP contribution in [0.25, 0.3) is 16.9 Å². The van der Waals surface area contributed by atoms with E-state index in [4.69, 9.17) is 9.47 Å². The van der Waals surface area contributed by atoms with E-state index in [1.807, 2.05) is 35.2 Å². The van der Waals surface area contributed by atoms with Crippen molar-refractivity contribution in [1.29, 1.82) is 0 Å². The normalized spacial score (nSPS) is 15.7. The maximum Gasteiger partial charge on any atom is 0.355 e. The van der Waals surface area contributed by atoms with Crippen molar-refractivity contribution in [3.05, 3.63) is 64.5 Å². The van der Waals surface area contributed by atoms with E-state index >= 15 is 0 Å². The second-order valence-electron chi connectivity index (χ2n) is 8.07. The lowest BCUT2D eigenvalue weighted by Gasteiger charge is -2.35. The van der Waals surface area contributed by atoms with Crippen LogP contribution in [-0.4, -0.2) is 67.8 Å². The molecule has 4 heterocycles. The van der Waals surface area contributed by atoms with Crippen LogP contribution < -0.4 is 14.4 Å². The molecule has 2 aromatic carbocycles. The van der Waals surface area contributed by atoms with Crippen molar-refractivity contribution in [1.82, 2.24) is 29.9 Å². The van der Waals surface area contributed by atoms with Gasteiger partial charge in [-0.1, -0.05) is 23.4 Å². The van der Waals surface area contributed by atoms with Crippen molar-refractivity contribution in [2.45, 2.75) is 6.54 Å². The molecule has 2 aliphatic rings. The molecule has 34 heavy (non-hydrogen) atoms. The maximum absolute atomic E-state index is 12.1. The zero-order chi connectivity index (χ0) is 23.1. The van der Waals surface area contributed by atoms with Gasteiger partial charge in [-0.05, 0) is 29.8 Å². The Kier molecular flexibility index (Phi) is 4.91. The lowest BCUT2D eigenvalue weighted by Crippen LogP contribution is -2.46. The predicted molar refractivity (Wildman–Crippen MR) is 121 cm³/mol. The molecule has 0 spiro atoms. The first kappa shape index (κ1) is 20.3. The fourth-order valence-corrected chi connectivity index (χ4v) is 4.35. The van der Waals surface area contributed by atoms with E-state index in [9.17, 15) is 10.1 Å². The van der Waals surface area contributed by atoms with Crippen LogP contribution in [0.1, 0.15) is 5.56 Å². The van der Waals surface area contributed by atoms with Gasteiger partial charge in [-0.15, -0.1) is 5.10 Å². The van der Waals surface area contributed by atoms with Crippen LogP contribution in [0.2, 0.25) is 0 Å². The standard InChI is InChI=1S/C22H20N8O4/c31-30(32)20-21(23-13-24-22(20)29-17-4-2-1-3-16(17)25-26-29)28-9-7-27(8-10-28)12-15-5-6-18-19(11-15)34-14-33-18/h1-6,11,13H,7-10,12,14H2. The Morgan fingerprint density at radius 2 is 1.76 bits per heavy atom. The molecule has 6 rings (SSSR count). The molecule has 12 heteroatoms. The molecule has 0 bridgehead atoms. The number of fused-ring (bicyclic) bond motifs is 2. The van der Waals surface area contributed by atoms with Crippen molar-refractivity contribution in [2.75, 3.05) is 37.9 Å². The molecule has 4 aromatic rings. The fraction of sp³-hybridized carbons (Fsp3) is 0.273. The number of piperazine rings is 1. The largest absolute Gasteiger partial charge is 0.454 e. The Hall–Kier alpha value is -4.32. The number of hydrogen-bond donors (Lipinski definition) is 0. The Balaban J connectivity index is 1.23. The molecule has 2 aromatic heterocycles. The molecular formula is C22H20N8O4. The highest BCUT2D eigenvalue weighted by molar-refractivity contribution is 5.78.